The van der Waals surface area contributed by atoms with Crippen LogP contribution in [0.5, 0.6) is 0 Å². The SMILES string of the molecule is COC(=O)C1=C(C)N(c2ccc(C)c(Cl)c2)C(=O)C1=Cc1ccc(CNC(=O)C(=O)Nc2ccc(C)cc2)o1. The molecule has 0 bridgehead atoms. The Balaban J connectivity index is 1.50. The lowest BCUT2D eigenvalue weighted by atomic mass is 10.1. The molecule has 39 heavy (non-hydrogen) atoms. The quantitative estimate of drug-likeness (QED) is 0.263. The topological polar surface area (TPSA) is 118 Å². The Bertz CT molecular complexity index is 1530. The monoisotopic (exact) mass is 547 g/mol. The summed E-state index contributed by atoms with van der Waals surface area (Å²) in [6, 6.07) is 15.4. The Labute approximate surface area is 230 Å². The number of amides is 3. The van der Waals surface area contributed by atoms with Crippen LogP contribution in [-0.2, 0) is 30.5 Å². The van der Waals surface area contributed by atoms with E-state index < -0.39 is 23.7 Å². The largest absolute Gasteiger partial charge is 0.465 e. The fraction of sp³-hybridized carbons (Fsp3) is 0.172. The number of hydrogen-bond donors (Lipinski definition) is 2. The summed E-state index contributed by atoms with van der Waals surface area (Å²) in [5.41, 5.74) is 3.44. The molecule has 0 atom stereocenters. The van der Waals surface area contributed by atoms with Gasteiger partial charge in [-0.05, 0) is 68.8 Å². The first-order valence-electron chi connectivity index (χ1n) is 12.0. The lowest BCUT2D eigenvalue weighted by Gasteiger charge is -2.18. The fourth-order valence-electron chi connectivity index (χ4n) is 3.99. The number of esters is 1. The molecular formula is C29H26ClN3O6. The van der Waals surface area contributed by atoms with E-state index in [0.29, 0.717) is 27.9 Å². The summed E-state index contributed by atoms with van der Waals surface area (Å²) in [5.74, 6) is -2.17. The first kappa shape index (κ1) is 27.4. The maximum Gasteiger partial charge on any atom is 0.340 e. The molecule has 2 N–H and O–H groups in total. The number of carbonyl (C=O) groups excluding carboxylic acids is 4. The van der Waals surface area contributed by atoms with Crippen molar-refractivity contribution in [2.45, 2.75) is 27.3 Å². The van der Waals surface area contributed by atoms with Gasteiger partial charge in [-0.3, -0.25) is 19.3 Å². The number of rotatable bonds is 6. The van der Waals surface area contributed by atoms with Crippen LogP contribution < -0.4 is 15.5 Å². The van der Waals surface area contributed by atoms with Crippen LogP contribution in [0.15, 0.2) is 75.9 Å². The van der Waals surface area contributed by atoms with Crippen LogP contribution in [0.1, 0.15) is 29.6 Å². The maximum atomic E-state index is 13.4. The number of halogens is 1. The number of anilines is 2. The van der Waals surface area contributed by atoms with Crippen LogP contribution in [0.3, 0.4) is 0 Å². The van der Waals surface area contributed by atoms with Gasteiger partial charge in [-0.1, -0.05) is 35.4 Å². The number of carbonyl (C=O) groups is 4. The van der Waals surface area contributed by atoms with Crippen LogP contribution in [0, 0.1) is 13.8 Å². The summed E-state index contributed by atoms with van der Waals surface area (Å²) in [4.78, 5) is 51.8. The van der Waals surface area contributed by atoms with Crippen LogP contribution >= 0.6 is 11.6 Å². The van der Waals surface area contributed by atoms with Gasteiger partial charge in [0, 0.05) is 16.4 Å². The summed E-state index contributed by atoms with van der Waals surface area (Å²) in [6.45, 7) is 5.34. The van der Waals surface area contributed by atoms with Gasteiger partial charge in [0.15, 0.2) is 0 Å². The highest BCUT2D eigenvalue weighted by molar-refractivity contribution is 6.39. The summed E-state index contributed by atoms with van der Waals surface area (Å²) in [5, 5.41) is 5.50. The van der Waals surface area contributed by atoms with Crippen molar-refractivity contribution < 1.29 is 28.3 Å². The first-order chi connectivity index (χ1) is 18.6. The van der Waals surface area contributed by atoms with E-state index in [0.717, 1.165) is 11.1 Å². The van der Waals surface area contributed by atoms with Gasteiger partial charge in [0.2, 0.25) is 0 Å². The van der Waals surface area contributed by atoms with Crippen molar-refractivity contribution in [1.29, 1.82) is 0 Å². The minimum atomic E-state index is -0.836. The Hall–Kier alpha value is -4.63. The lowest BCUT2D eigenvalue weighted by molar-refractivity contribution is -0.136. The molecule has 200 valence electrons. The van der Waals surface area contributed by atoms with Gasteiger partial charge in [-0.2, -0.15) is 0 Å². The van der Waals surface area contributed by atoms with E-state index in [-0.39, 0.29) is 23.5 Å². The van der Waals surface area contributed by atoms with E-state index in [4.69, 9.17) is 20.8 Å². The van der Waals surface area contributed by atoms with Crippen molar-refractivity contribution in [3.05, 3.63) is 99.1 Å². The van der Waals surface area contributed by atoms with E-state index in [1.54, 1.807) is 49.4 Å². The summed E-state index contributed by atoms with van der Waals surface area (Å²) >= 11 is 6.27. The number of aryl methyl sites for hydroxylation is 2. The standard InChI is InChI=1S/C29H26ClN3O6/c1-16-5-8-19(9-6-16)32-27(35)26(34)31-15-22-12-11-21(39-22)14-23-25(29(37)38-4)18(3)33(28(23)36)20-10-7-17(2)24(30)13-20/h5-14H,15H2,1-4H3,(H,31,34)(H,32,35). The molecule has 0 saturated carbocycles. The van der Waals surface area contributed by atoms with Gasteiger partial charge in [0.25, 0.3) is 5.91 Å². The Morgan fingerprint density at radius 3 is 2.38 bits per heavy atom. The Morgan fingerprint density at radius 2 is 1.72 bits per heavy atom. The molecule has 2 heterocycles. The van der Waals surface area contributed by atoms with Gasteiger partial charge in [-0.25, -0.2) is 4.79 Å². The Kier molecular flexibility index (Phi) is 8.01. The van der Waals surface area contributed by atoms with E-state index in [2.05, 4.69) is 10.6 Å². The molecule has 2 aromatic carbocycles. The molecule has 0 saturated heterocycles. The van der Waals surface area contributed by atoms with Crippen LogP contribution in [0.25, 0.3) is 6.08 Å². The molecule has 3 aromatic rings. The van der Waals surface area contributed by atoms with E-state index in [9.17, 15) is 19.2 Å². The number of nitrogens with one attached hydrogen (secondary N) is 2. The molecule has 10 heteroatoms. The van der Waals surface area contributed by atoms with Crippen LogP contribution in [-0.4, -0.2) is 30.8 Å². The highest BCUT2D eigenvalue weighted by Crippen LogP contribution is 2.37. The molecule has 0 aliphatic carbocycles. The second-order valence-electron chi connectivity index (χ2n) is 8.89. The van der Waals surface area contributed by atoms with Crippen LogP contribution in [0.4, 0.5) is 11.4 Å². The number of ether oxygens (including phenoxy) is 1. The average molecular weight is 548 g/mol. The number of benzene rings is 2. The lowest BCUT2D eigenvalue weighted by Crippen LogP contribution is -2.34. The van der Waals surface area contributed by atoms with Crippen molar-refractivity contribution >= 4 is 52.7 Å². The minimum Gasteiger partial charge on any atom is -0.465 e. The number of nitrogens with zero attached hydrogens (tertiary/aromatic N) is 1. The van der Waals surface area contributed by atoms with Crippen molar-refractivity contribution in [3.8, 4) is 0 Å². The molecule has 0 unspecified atom stereocenters. The molecule has 9 nitrogen and oxygen atoms in total. The third-order valence-corrected chi connectivity index (χ3v) is 6.52. The van der Waals surface area contributed by atoms with E-state index in [1.807, 2.05) is 26.0 Å². The maximum absolute atomic E-state index is 13.4. The molecule has 1 aromatic heterocycles. The zero-order valence-corrected chi connectivity index (χ0v) is 22.5. The number of hydrogen-bond acceptors (Lipinski definition) is 6. The highest BCUT2D eigenvalue weighted by atomic mass is 35.5. The third-order valence-electron chi connectivity index (χ3n) is 6.11. The Morgan fingerprint density at radius 1 is 1.00 bits per heavy atom. The predicted molar refractivity (Wildman–Crippen MR) is 147 cm³/mol. The highest BCUT2D eigenvalue weighted by Gasteiger charge is 2.38. The van der Waals surface area contributed by atoms with Gasteiger partial charge < -0.3 is 19.8 Å². The summed E-state index contributed by atoms with van der Waals surface area (Å²) < 4.78 is 10.7. The van der Waals surface area contributed by atoms with Crippen LogP contribution in [0.2, 0.25) is 5.02 Å². The van der Waals surface area contributed by atoms with Crippen molar-refractivity contribution in [2.75, 3.05) is 17.3 Å². The second kappa shape index (κ2) is 11.4. The van der Waals surface area contributed by atoms with Crippen molar-refractivity contribution in [3.63, 3.8) is 0 Å². The number of allylic oxidation sites excluding steroid dienone is 1. The first-order valence-corrected chi connectivity index (χ1v) is 12.3. The molecule has 1 aliphatic heterocycles. The van der Waals surface area contributed by atoms with Crippen molar-refractivity contribution in [1.82, 2.24) is 5.32 Å². The zero-order chi connectivity index (χ0) is 28.3. The van der Waals surface area contributed by atoms with E-state index in [1.165, 1.54) is 18.1 Å². The fourth-order valence-corrected chi connectivity index (χ4v) is 4.17. The molecule has 1 aliphatic rings. The van der Waals surface area contributed by atoms with Gasteiger partial charge >= 0.3 is 17.8 Å². The third kappa shape index (κ3) is 5.94. The molecule has 4 rings (SSSR count). The number of furan rings is 1. The van der Waals surface area contributed by atoms with Gasteiger partial charge in [-0.15, -0.1) is 0 Å². The second-order valence-corrected chi connectivity index (χ2v) is 9.30. The molecular weight excluding hydrogens is 522 g/mol. The minimum absolute atomic E-state index is 0.0655. The summed E-state index contributed by atoms with van der Waals surface area (Å²) in [6.07, 6.45) is 1.43. The average Bonchev–Trinajstić information content (AvgIpc) is 3.46. The predicted octanol–water partition coefficient (Wildman–Crippen LogP) is 4.68. The molecule has 0 spiro atoms. The molecule has 3 amide bonds. The summed E-state index contributed by atoms with van der Waals surface area (Å²) in [7, 11) is 1.23. The number of methoxy groups -OCH3 is 1. The normalized spacial score (nSPS) is 14.1. The van der Waals surface area contributed by atoms with Crippen molar-refractivity contribution in [2.24, 2.45) is 0 Å². The molecule has 0 fully saturated rings. The van der Waals surface area contributed by atoms with Gasteiger partial charge in [0.1, 0.15) is 11.5 Å². The van der Waals surface area contributed by atoms with E-state index >= 15 is 0 Å². The molecule has 0 radical (unpaired) electrons. The zero-order valence-electron chi connectivity index (χ0n) is 21.8. The van der Waals surface area contributed by atoms with Gasteiger partial charge in [0.05, 0.1) is 30.5 Å². The smallest absolute Gasteiger partial charge is 0.340 e.